The number of fused-ring (bicyclic) bond motifs is 1. The molecule has 0 aliphatic carbocycles. The van der Waals surface area contributed by atoms with Crippen LogP contribution in [0.3, 0.4) is 0 Å². The van der Waals surface area contributed by atoms with Crippen molar-refractivity contribution in [2.45, 2.75) is 27.2 Å². The zero-order valence-electron chi connectivity index (χ0n) is 10.7. The Labute approximate surface area is 102 Å². The predicted molar refractivity (Wildman–Crippen MR) is 72.2 cm³/mol. The molecular weight excluding hydrogens is 212 g/mol. The van der Waals surface area contributed by atoms with Gasteiger partial charge in [0.15, 0.2) is 5.82 Å². The van der Waals surface area contributed by atoms with Crippen molar-refractivity contribution >= 4 is 17.0 Å². The summed E-state index contributed by atoms with van der Waals surface area (Å²) in [6, 6.07) is 5.88. The molecule has 0 fully saturated rings. The Morgan fingerprint density at radius 1 is 1.35 bits per heavy atom. The zero-order chi connectivity index (χ0) is 12.5. The van der Waals surface area contributed by atoms with Crippen molar-refractivity contribution in [3.05, 3.63) is 24.4 Å². The van der Waals surface area contributed by atoms with Crippen LogP contribution in [0.2, 0.25) is 0 Å². The molecule has 2 aromatic heterocycles. The second-order valence-electron chi connectivity index (χ2n) is 5.53. The molecule has 0 bridgehead atoms. The van der Waals surface area contributed by atoms with Gasteiger partial charge >= 0.3 is 0 Å². The van der Waals surface area contributed by atoms with E-state index in [1.54, 1.807) is 4.52 Å². The number of pyridine rings is 1. The summed E-state index contributed by atoms with van der Waals surface area (Å²) in [6.07, 6.45) is 2.99. The monoisotopic (exact) mass is 232 g/mol. The molecule has 0 saturated carbocycles. The highest BCUT2D eigenvalue weighted by molar-refractivity contribution is 5.80. The van der Waals surface area contributed by atoms with Crippen LogP contribution in [-0.4, -0.2) is 16.2 Å². The standard InChI is InChI=1S/C13H20N4/c1-13(2,3)7-8-15-12-11(14)10-6-4-5-9-17(10)16-12/h4-6,9H,7-8,14H2,1-3H3,(H,15,16). The van der Waals surface area contributed by atoms with Gasteiger partial charge in [0.25, 0.3) is 0 Å². The molecule has 3 N–H and O–H groups in total. The highest BCUT2D eigenvalue weighted by Gasteiger charge is 2.12. The summed E-state index contributed by atoms with van der Waals surface area (Å²) in [5.41, 5.74) is 8.03. The lowest BCUT2D eigenvalue weighted by Crippen LogP contribution is -2.13. The van der Waals surface area contributed by atoms with E-state index in [9.17, 15) is 0 Å². The second-order valence-corrected chi connectivity index (χ2v) is 5.53. The molecule has 0 amide bonds. The summed E-state index contributed by atoms with van der Waals surface area (Å²) in [6.45, 7) is 7.56. The Hall–Kier alpha value is -1.71. The smallest absolute Gasteiger partial charge is 0.172 e. The van der Waals surface area contributed by atoms with Crippen LogP contribution in [0, 0.1) is 5.41 Å². The number of nitrogens with two attached hydrogens (primary N) is 1. The van der Waals surface area contributed by atoms with Gasteiger partial charge in [-0.2, -0.15) is 0 Å². The van der Waals surface area contributed by atoms with Crippen molar-refractivity contribution in [2.75, 3.05) is 17.6 Å². The highest BCUT2D eigenvalue weighted by atomic mass is 15.3. The van der Waals surface area contributed by atoms with Gasteiger partial charge in [0, 0.05) is 12.7 Å². The number of hydrogen-bond donors (Lipinski definition) is 2. The summed E-state index contributed by atoms with van der Waals surface area (Å²) in [4.78, 5) is 0. The van der Waals surface area contributed by atoms with Crippen LogP contribution >= 0.6 is 0 Å². The number of nitrogens with one attached hydrogen (secondary N) is 1. The largest absolute Gasteiger partial charge is 0.394 e. The number of rotatable bonds is 3. The van der Waals surface area contributed by atoms with Crippen LogP contribution in [0.1, 0.15) is 27.2 Å². The fourth-order valence-electron chi connectivity index (χ4n) is 1.70. The van der Waals surface area contributed by atoms with E-state index < -0.39 is 0 Å². The van der Waals surface area contributed by atoms with Crippen LogP contribution in [0.15, 0.2) is 24.4 Å². The van der Waals surface area contributed by atoms with E-state index in [4.69, 9.17) is 5.73 Å². The van der Waals surface area contributed by atoms with E-state index in [0.717, 1.165) is 30.0 Å². The van der Waals surface area contributed by atoms with Crippen molar-refractivity contribution in [1.82, 2.24) is 9.61 Å². The Morgan fingerprint density at radius 2 is 2.12 bits per heavy atom. The van der Waals surface area contributed by atoms with E-state index in [2.05, 4.69) is 31.2 Å². The number of nitrogen functional groups attached to an aromatic ring is 1. The topological polar surface area (TPSA) is 55.4 Å². The fraction of sp³-hybridized carbons (Fsp3) is 0.462. The molecule has 4 nitrogen and oxygen atoms in total. The normalized spacial score (nSPS) is 11.9. The van der Waals surface area contributed by atoms with Crippen LogP contribution in [0.25, 0.3) is 5.52 Å². The van der Waals surface area contributed by atoms with Crippen molar-refractivity contribution in [2.24, 2.45) is 5.41 Å². The van der Waals surface area contributed by atoms with Crippen molar-refractivity contribution in [3.63, 3.8) is 0 Å². The van der Waals surface area contributed by atoms with Gasteiger partial charge in [0.1, 0.15) is 5.69 Å². The summed E-state index contributed by atoms with van der Waals surface area (Å²) in [5.74, 6) is 0.778. The first kappa shape index (κ1) is 11.8. The molecule has 0 spiro atoms. The van der Waals surface area contributed by atoms with Crippen LogP contribution < -0.4 is 11.1 Å². The number of hydrogen-bond acceptors (Lipinski definition) is 3. The molecule has 4 heteroatoms. The highest BCUT2D eigenvalue weighted by Crippen LogP contribution is 2.24. The lowest BCUT2D eigenvalue weighted by molar-refractivity contribution is 0.389. The van der Waals surface area contributed by atoms with Crippen molar-refractivity contribution in [3.8, 4) is 0 Å². The predicted octanol–water partition coefficient (Wildman–Crippen LogP) is 2.76. The Balaban J connectivity index is 2.11. The van der Waals surface area contributed by atoms with Gasteiger partial charge in [-0.25, -0.2) is 4.52 Å². The number of aromatic nitrogens is 2. The SMILES string of the molecule is CC(C)(C)CCNc1nn2ccccc2c1N. The molecule has 92 valence electrons. The summed E-state index contributed by atoms with van der Waals surface area (Å²) in [7, 11) is 0. The number of anilines is 2. The molecule has 0 aromatic carbocycles. The molecule has 0 unspecified atom stereocenters. The molecule has 0 atom stereocenters. The minimum atomic E-state index is 0.320. The maximum Gasteiger partial charge on any atom is 0.172 e. The first-order valence-corrected chi connectivity index (χ1v) is 5.94. The third kappa shape index (κ3) is 2.70. The maximum absolute atomic E-state index is 6.04. The molecule has 0 aliphatic heterocycles. The molecule has 0 saturated heterocycles. The van der Waals surface area contributed by atoms with Gasteiger partial charge in [-0.15, -0.1) is 5.10 Å². The van der Waals surface area contributed by atoms with Crippen LogP contribution in [0.5, 0.6) is 0 Å². The van der Waals surface area contributed by atoms with Crippen LogP contribution in [-0.2, 0) is 0 Å². The van der Waals surface area contributed by atoms with Gasteiger partial charge in [-0.1, -0.05) is 26.8 Å². The van der Waals surface area contributed by atoms with E-state index in [0.29, 0.717) is 5.41 Å². The molecule has 0 aliphatic rings. The molecule has 2 rings (SSSR count). The van der Waals surface area contributed by atoms with E-state index >= 15 is 0 Å². The third-order valence-electron chi connectivity index (χ3n) is 2.75. The summed E-state index contributed by atoms with van der Waals surface area (Å²) in [5, 5.41) is 7.71. The molecule has 2 heterocycles. The van der Waals surface area contributed by atoms with Gasteiger partial charge < -0.3 is 11.1 Å². The molecule has 2 aromatic rings. The molecular formula is C13H20N4. The van der Waals surface area contributed by atoms with E-state index in [-0.39, 0.29) is 0 Å². The number of nitrogens with zero attached hydrogens (tertiary/aromatic N) is 2. The first-order chi connectivity index (χ1) is 7.97. The quantitative estimate of drug-likeness (QED) is 0.855. The lowest BCUT2D eigenvalue weighted by atomic mass is 9.92. The van der Waals surface area contributed by atoms with Gasteiger partial charge in [0.2, 0.25) is 0 Å². The Bertz CT molecular complexity index is 508. The average molecular weight is 232 g/mol. The minimum Gasteiger partial charge on any atom is -0.394 e. The Morgan fingerprint density at radius 3 is 2.76 bits per heavy atom. The van der Waals surface area contributed by atoms with E-state index in [1.807, 2.05) is 24.4 Å². The van der Waals surface area contributed by atoms with Gasteiger partial charge in [-0.3, -0.25) is 0 Å². The summed E-state index contributed by atoms with van der Waals surface area (Å²) < 4.78 is 1.80. The van der Waals surface area contributed by atoms with Crippen molar-refractivity contribution in [1.29, 1.82) is 0 Å². The van der Waals surface area contributed by atoms with E-state index in [1.165, 1.54) is 0 Å². The lowest BCUT2D eigenvalue weighted by Gasteiger charge is -2.17. The first-order valence-electron chi connectivity index (χ1n) is 5.94. The fourth-order valence-corrected chi connectivity index (χ4v) is 1.70. The molecule has 17 heavy (non-hydrogen) atoms. The van der Waals surface area contributed by atoms with Gasteiger partial charge in [-0.05, 0) is 24.0 Å². The summed E-state index contributed by atoms with van der Waals surface area (Å²) >= 11 is 0. The average Bonchev–Trinajstić information content (AvgIpc) is 2.55. The zero-order valence-corrected chi connectivity index (χ0v) is 10.7. The maximum atomic E-state index is 6.04. The third-order valence-corrected chi connectivity index (χ3v) is 2.75. The molecule has 0 radical (unpaired) electrons. The van der Waals surface area contributed by atoms with Crippen molar-refractivity contribution < 1.29 is 0 Å². The van der Waals surface area contributed by atoms with Gasteiger partial charge in [0.05, 0.1) is 5.52 Å². The minimum absolute atomic E-state index is 0.320. The van der Waals surface area contributed by atoms with Crippen LogP contribution in [0.4, 0.5) is 11.5 Å². The second kappa shape index (κ2) is 4.28. The Kier molecular flexibility index (Phi) is 2.96.